The van der Waals surface area contributed by atoms with Crippen LogP contribution in [0.2, 0.25) is 5.02 Å². The molecule has 0 saturated carbocycles. The van der Waals surface area contributed by atoms with E-state index in [2.05, 4.69) is 43.9 Å². The molecule has 3 aromatic rings. The first kappa shape index (κ1) is 85.8. The van der Waals surface area contributed by atoms with Crippen LogP contribution in [0, 0.1) is 21.3 Å². The highest BCUT2D eigenvalue weighted by molar-refractivity contribution is 14.1. The molecule has 5 rings (SSSR count). The van der Waals surface area contributed by atoms with Crippen molar-refractivity contribution < 1.29 is 70.7 Å². The van der Waals surface area contributed by atoms with E-state index in [1.807, 2.05) is 26.8 Å². The molecule has 0 aromatic heterocycles. The number of hydrogen-bond acceptors (Lipinski definition) is 12. The third-order valence-corrected chi connectivity index (χ3v) is 20.1. The Balaban J connectivity index is 1.69. The van der Waals surface area contributed by atoms with Gasteiger partial charge in [-0.3, -0.25) is 57.5 Å². The molecule has 4 N–H and O–H groups in total. The number of unbranched alkanes of at least 4 members (excludes halogenated alkanes) is 1. The van der Waals surface area contributed by atoms with Crippen molar-refractivity contribution in [3.63, 3.8) is 0 Å². The van der Waals surface area contributed by atoms with Gasteiger partial charge in [0, 0.05) is 90.3 Å². The first-order chi connectivity index (χ1) is 48.4. The van der Waals surface area contributed by atoms with Gasteiger partial charge in [-0.25, -0.2) is 0 Å². The number of alkyl halides is 3. The minimum absolute atomic E-state index is 0.00976. The Kier molecular flexibility index (Phi) is 33.2. The van der Waals surface area contributed by atoms with E-state index in [-0.39, 0.29) is 49.5 Å². The molecule has 2 heterocycles. The molecule has 24 nitrogen and oxygen atoms in total. The van der Waals surface area contributed by atoms with Gasteiger partial charge in [-0.05, 0) is 132 Å². The lowest BCUT2D eigenvalue weighted by Gasteiger charge is -2.38. The molecule has 3 aromatic carbocycles. The zero-order chi connectivity index (χ0) is 76.9. The molecule has 103 heavy (non-hydrogen) atoms. The summed E-state index contributed by atoms with van der Waals surface area (Å²) < 4.78 is 42.8. The first-order valence-electron chi connectivity index (χ1n) is 35.3. The number of nitrogens with one attached hydrogen (secondary N) is 4. The molecule has 2 aliphatic heterocycles. The molecule has 568 valence electrons. The second-order valence-corrected chi connectivity index (χ2v) is 30.0. The summed E-state index contributed by atoms with van der Waals surface area (Å²) >= 11 is 8.33. The Bertz CT molecular complexity index is 3450. The lowest BCUT2D eigenvalue weighted by molar-refractivity contribution is -0.151. The second kappa shape index (κ2) is 39.8. The number of carbonyl (C=O) groups is 12. The Hall–Kier alpha value is -7.89. The zero-order valence-electron chi connectivity index (χ0n) is 61.9. The van der Waals surface area contributed by atoms with Crippen LogP contribution in [0.1, 0.15) is 135 Å². The highest BCUT2D eigenvalue weighted by atomic mass is 127. The molecule has 0 radical (unpaired) electrons. The normalized spacial score (nSPS) is 23.3. The van der Waals surface area contributed by atoms with Crippen LogP contribution in [0.5, 0.6) is 0 Å². The average molecular weight is 1570 g/mol. The highest BCUT2D eigenvalue weighted by Gasteiger charge is 2.43. The Morgan fingerprint density at radius 1 is 0.544 bits per heavy atom. The van der Waals surface area contributed by atoms with Crippen molar-refractivity contribution in [3.05, 3.63) is 104 Å². The first-order valence-corrected chi connectivity index (χ1v) is 36.8. The van der Waals surface area contributed by atoms with Gasteiger partial charge in [0.05, 0.1) is 31.6 Å². The van der Waals surface area contributed by atoms with Gasteiger partial charge >= 0.3 is 6.18 Å². The van der Waals surface area contributed by atoms with Crippen LogP contribution in [0.4, 0.5) is 13.2 Å². The molecule has 2 fully saturated rings. The van der Waals surface area contributed by atoms with Crippen molar-refractivity contribution in [2.24, 2.45) is 17.8 Å². The number of nitrogens with zero attached hydrogens (tertiary/aromatic N) is 8. The van der Waals surface area contributed by atoms with Crippen LogP contribution >= 0.6 is 34.2 Å². The maximum atomic E-state index is 15.4. The van der Waals surface area contributed by atoms with Crippen molar-refractivity contribution >= 4 is 105 Å². The smallest absolute Gasteiger partial charge is 0.343 e. The molecule has 0 bridgehead atoms. The summed E-state index contributed by atoms with van der Waals surface area (Å²) in [6.07, 6.45) is -2.70. The van der Waals surface area contributed by atoms with Crippen molar-refractivity contribution in [1.82, 2.24) is 60.5 Å². The topological polar surface area (TPSA) is 279 Å². The Labute approximate surface area is 622 Å². The molecular weight excluding hydrogens is 1470 g/mol. The predicted octanol–water partition coefficient (Wildman–Crippen LogP) is 6.36. The number of hydrogen-bond donors (Lipinski definition) is 4. The summed E-state index contributed by atoms with van der Waals surface area (Å²) in [5.74, 6) is -10.1. The molecule has 2 saturated heterocycles. The van der Waals surface area contributed by atoms with Crippen LogP contribution in [0.15, 0.2) is 72.8 Å². The largest absolute Gasteiger partial charge is 0.416 e. The third-order valence-electron chi connectivity index (χ3n) is 19.2. The van der Waals surface area contributed by atoms with Gasteiger partial charge < -0.3 is 60.5 Å². The number of likely N-dealkylation sites (tertiary alicyclic amines) is 1. The van der Waals surface area contributed by atoms with Crippen LogP contribution < -0.4 is 21.3 Å². The summed E-state index contributed by atoms with van der Waals surface area (Å²) in [6, 6.07) is 6.35. The van der Waals surface area contributed by atoms with Gasteiger partial charge in [0.2, 0.25) is 70.9 Å². The maximum Gasteiger partial charge on any atom is 0.416 e. The van der Waals surface area contributed by atoms with Crippen LogP contribution in [0.25, 0.3) is 0 Å². The van der Waals surface area contributed by atoms with E-state index < -0.39 is 169 Å². The molecule has 9 atom stereocenters. The number of likely N-dealkylation sites (N-methyl/N-ethyl adjacent to an activating group) is 7. The fraction of sp³-hybridized carbons (Fsp3) is 0.595. The van der Waals surface area contributed by atoms with E-state index in [0.29, 0.717) is 61.3 Å². The minimum atomic E-state index is -4.73. The number of benzene rings is 3. The second-order valence-electron chi connectivity index (χ2n) is 28.3. The van der Waals surface area contributed by atoms with Crippen LogP contribution in [-0.2, 0) is 83.0 Å². The van der Waals surface area contributed by atoms with Gasteiger partial charge in [-0.1, -0.05) is 116 Å². The third kappa shape index (κ3) is 25.2. The molecule has 29 heteroatoms. The summed E-state index contributed by atoms with van der Waals surface area (Å²) in [6.45, 7) is 11.4. The van der Waals surface area contributed by atoms with E-state index in [9.17, 15) is 46.7 Å². The standard InChI is InChI=1S/C74H105ClF3IN12O12/c1-15-17-24-54-69(99)89(13)58(39-48-25-29-51(30-26-48)74(76,77)78)67(97)82-56(35-45(3)4)70(100)90(14)60(72(102)91-33-19-18-20-34-91)41-62(93)87(11)57(36-46(5)6)68(98)83-65(47(7)16-2)73(103)86(10)43-63(94)84(8)44-64(95)88(12)59(40-49-27-31-52(75)32-28-49)71(101)85(9)42-61(92)80-55(66(96)81-54)38-50-22-21-23-53(79)37-50/h21-23,25-32,37,45-47,54-60,65H,15-20,24,33-36,38-44H2,1-14H3,(H,80,92)(H,81,96)(H,82,97)(H,83,98)/t47-,54-,55-,56-,57-,58-,59-,60-,65-/m0/s1. The van der Waals surface area contributed by atoms with Crippen molar-refractivity contribution in [2.45, 2.75) is 186 Å². The van der Waals surface area contributed by atoms with E-state index in [1.54, 1.807) is 75.1 Å². The average Bonchev–Trinajstić information content (AvgIpc) is 0.829. The lowest BCUT2D eigenvalue weighted by Crippen LogP contribution is -2.61. The molecule has 12 amide bonds. The van der Waals surface area contributed by atoms with Gasteiger partial charge in [0.15, 0.2) is 0 Å². The van der Waals surface area contributed by atoms with E-state index in [4.69, 9.17) is 11.6 Å². The molecule has 0 spiro atoms. The summed E-state index contributed by atoms with van der Waals surface area (Å²) in [7, 11) is 9.41. The Morgan fingerprint density at radius 3 is 1.66 bits per heavy atom. The molecular formula is C74H105ClF3IN12O12. The quantitative estimate of drug-likeness (QED) is 0.114. The number of amides is 12. The predicted molar refractivity (Wildman–Crippen MR) is 393 cm³/mol. The van der Waals surface area contributed by atoms with Crippen molar-refractivity contribution in [3.8, 4) is 0 Å². The number of rotatable bonds is 16. The summed E-state index contributed by atoms with van der Waals surface area (Å²) in [5.41, 5.74) is 0.356. The van der Waals surface area contributed by atoms with Crippen molar-refractivity contribution in [2.75, 3.05) is 82.1 Å². The fourth-order valence-electron chi connectivity index (χ4n) is 12.5. The number of carbonyl (C=O) groups excluding carboxylic acids is 12. The van der Waals surface area contributed by atoms with Crippen LogP contribution in [0.3, 0.4) is 0 Å². The molecule has 0 unspecified atom stereocenters. The number of piperidine rings is 1. The maximum absolute atomic E-state index is 15.4. The Morgan fingerprint density at radius 2 is 1.09 bits per heavy atom. The van der Waals surface area contributed by atoms with Crippen LogP contribution in [-0.4, -0.2) is 240 Å². The summed E-state index contributed by atoms with van der Waals surface area (Å²) in [4.78, 5) is 188. The van der Waals surface area contributed by atoms with Gasteiger partial charge in [-0.2, -0.15) is 13.2 Å². The van der Waals surface area contributed by atoms with E-state index in [1.165, 1.54) is 54.2 Å². The fourth-order valence-corrected chi connectivity index (χ4v) is 13.3. The van der Waals surface area contributed by atoms with Crippen molar-refractivity contribution in [1.29, 1.82) is 0 Å². The van der Waals surface area contributed by atoms with E-state index >= 15 is 24.0 Å². The summed E-state index contributed by atoms with van der Waals surface area (Å²) in [5, 5.41) is 11.7. The van der Waals surface area contributed by atoms with Gasteiger partial charge in [0.25, 0.3) is 0 Å². The SMILES string of the molecule is CCCC[C@@H]1NC(=O)[C@H](Cc2cccc(I)c2)NC(=O)CN(C)C(=O)[C@H](Cc2ccc(Cl)cc2)N(C)C(=O)CN(C)C(=O)CN(C)C(=O)[C@H]([C@@H](C)CC)NC(=O)[C@H](CC(C)C)N(C)C(=O)C[C@@H](C(=O)N2CCCCC2)N(C)C(=O)[C@H](CC(C)C)NC(=O)[C@H](Cc2ccc(C(F)(F)F)cc2)N(C)C1=O. The molecule has 0 aliphatic carbocycles. The van der Waals surface area contributed by atoms with Gasteiger partial charge in [-0.15, -0.1) is 0 Å². The molecule has 2 aliphatic rings. The highest BCUT2D eigenvalue weighted by Crippen LogP contribution is 2.30. The monoisotopic (exact) mass is 1570 g/mol. The van der Waals surface area contributed by atoms with Gasteiger partial charge in [0.1, 0.15) is 48.3 Å². The van der Waals surface area contributed by atoms with E-state index in [0.717, 1.165) is 63.7 Å². The minimum Gasteiger partial charge on any atom is -0.343 e. The lowest BCUT2D eigenvalue weighted by atomic mass is 9.95. The number of halogens is 5. The zero-order valence-corrected chi connectivity index (χ0v) is 64.8.